The molecule has 0 fully saturated rings. The molecule has 2 heterocycles. The van der Waals surface area contributed by atoms with Gasteiger partial charge in [0.15, 0.2) is 0 Å². The first-order valence-electron chi connectivity index (χ1n) is 10.2. The largest absolute Gasteiger partial charge is 0.349 e. The van der Waals surface area contributed by atoms with Gasteiger partial charge in [0.1, 0.15) is 11.9 Å². The predicted octanol–water partition coefficient (Wildman–Crippen LogP) is 3.53. The molecule has 2 aromatic heterocycles. The van der Waals surface area contributed by atoms with E-state index in [1.165, 1.54) is 16.7 Å². The van der Waals surface area contributed by atoms with Crippen LogP contribution in [0.25, 0.3) is 16.6 Å². The molecule has 0 bridgehead atoms. The summed E-state index contributed by atoms with van der Waals surface area (Å²) < 4.78 is 15.8. The molecule has 1 amide bonds. The molecule has 0 saturated heterocycles. The molecule has 33 heavy (non-hydrogen) atoms. The molecule has 0 radical (unpaired) electrons. The summed E-state index contributed by atoms with van der Waals surface area (Å²) in [6.45, 7) is 3.57. The minimum absolute atomic E-state index is 0.106. The Kier molecular flexibility index (Phi) is 6.11. The third-order valence-electron chi connectivity index (χ3n) is 5.34. The van der Waals surface area contributed by atoms with Crippen LogP contribution in [-0.2, 0) is 11.3 Å². The second kappa shape index (κ2) is 8.99. The summed E-state index contributed by atoms with van der Waals surface area (Å²) in [6.07, 6.45) is 1.62. The third-order valence-corrected chi connectivity index (χ3v) is 5.63. The maximum Gasteiger partial charge on any atom is 0.336 e. The van der Waals surface area contributed by atoms with Gasteiger partial charge in [-0.25, -0.2) is 13.8 Å². The van der Waals surface area contributed by atoms with Gasteiger partial charge in [0, 0.05) is 6.20 Å². The van der Waals surface area contributed by atoms with Crippen molar-refractivity contribution in [1.82, 2.24) is 19.4 Å². The lowest BCUT2D eigenvalue weighted by Crippen LogP contribution is -2.43. The number of aryl methyl sites for hydroxylation is 1. The van der Waals surface area contributed by atoms with Gasteiger partial charge in [-0.1, -0.05) is 29.3 Å². The van der Waals surface area contributed by atoms with Crippen LogP contribution in [0.5, 0.6) is 0 Å². The van der Waals surface area contributed by atoms with Crippen LogP contribution in [0.1, 0.15) is 24.2 Å². The van der Waals surface area contributed by atoms with E-state index in [0.717, 1.165) is 16.2 Å². The standard InChI is InChI=1S/C24H20ClFN4O3/c1-14-6-9-21-18(11-14)23(32)30(17-7-8-20(26)19(25)12-17)24(33)29(21)15(2)22(31)28-13-16-5-3-4-10-27-16/h3-12,15H,13H2,1-2H3,(H,28,31). The molecule has 4 rings (SSSR count). The molecule has 0 spiro atoms. The van der Waals surface area contributed by atoms with E-state index >= 15 is 0 Å². The molecule has 0 aliphatic heterocycles. The fraction of sp³-hybridized carbons (Fsp3) is 0.167. The number of nitrogens with one attached hydrogen (secondary N) is 1. The summed E-state index contributed by atoms with van der Waals surface area (Å²) in [5.41, 5.74) is 0.575. The Morgan fingerprint density at radius 2 is 1.94 bits per heavy atom. The normalized spacial score (nSPS) is 12.0. The zero-order chi connectivity index (χ0) is 23.7. The van der Waals surface area contributed by atoms with Crippen molar-refractivity contribution >= 4 is 28.4 Å². The van der Waals surface area contributed by atoms with Crippen LogP contribution in [0.3, 0.4) is 0 Å². The van der Waals surface area contributed by atoms with E-state index in [-0.39, 0.29) is 22.6 Å². The quantitative estimate of drug-likeness (QED) is 0.487. The summed E-state index contributed by atoms with van der Waals surface area (Å²) in [5.74, 6) is -1.10. The van der Waals surface area contributed by atoms with Crippen LogP contribution in [-0.4, -0.2) is 20.0 Å². The highest BCUT2D eigenvalue weighted by molar-refractivity contribution is 6.30. The number of aromatic nitrogens is 3. The van der Waals surface area contributed by atoms with E-state index < -0.39 is 29.0 Å². The van der Waals surface area contributed by atoms with E-state index in [1.54, 1.807) is 43.5 Å². The van der Waals surface area contributed by atoms with Crippen molar-refractivity contribution in [2.45, 2.75) is 26.4 Å². The molecule has 4 aromatic rings. The average molecular weight is 467 g/mol. The number of rotatable bonds is 5. The van der Waals surface area contributed by atoms with Gasteiger partial charge in [-0.05, 0) is 56.3 Å². The molecule has 0 aliphatic rings. The summed E-state index contributed by atoms with van der Waals surface area (Å²) in [7, 11) is 0. The molecule has 1 N–H and O–H groups in total. The number of fused-ring (bicyclic) bond motifs is 1. The molecule has 2 aromatic carbocycles. The van der Waals surface area contributed by atoms with Gasteiger partial charge in [-0.3, -0.25) is 19.1 Å². The highest BCUT2D eigenvalue weighted by atomic mass is 35.5. The van der Waals surface area contributed by atoms with Crippen molar-refractivity contribution in [3.05, 3.63) is 104 Å². The number of carbonyl (C=O) groups is 1. The second-order valence-electron chi connectivity index (χ2n) is 7.63. The van der Waals surface area contributed by atoms with Crippen molar-refractivity contribution in [3.63, 3.8) is 0 Å². The summed E-state index contributed by atoms with van der Waals surface area (Å²) in [5, 5.41) is 2.80. The van der Waals surface area contributed by atoms with Gasteiger partial charge in [-0.2, -0.15) is 0 Å². The maximum absolute atomic E-state index is 13.7. The Bertz CT molecular complexity index is 1480. The minimum Gasteiger partial charge on any atom is -0.349 e. The molecular formula is C24H20ClFN4O3. The Labute approximate surface area is 193 Å². The second-order valence-corrected chi connectivity index (χ2v) is 8.03. The van der Waals surface area contributed by atoms with E-state index in [1.807, 2.05) is 13.0 Å². The first kappa shape index (κ1) is 22.4. The van der Waals surface area contributed by atoms with Crippen LogP contribution in [0.4, 0.5) is 4.39 Å². The lowest BCUT2D eigenvalue weighted by Gasteiger charge is -2.20. The minimum atomic E-state index is -0.950. The number of halogens is 2. The molecule has 168 valence electrons. The molecule has 1 atom stereocenters. The number of carbonyl (C=O) groups excluding carboxylic acids is 1. The van der Waals surface area contributed by atoms with Crippen LogP contribution < -0.4 is 16.6 Å². The van der Waals surface area contributed by atoms with E-state index in [2.05, 4.69) is 10.3 Å². The van der Waals surface area contributed by atoms with Gasteiger partial charge in [0.2, 0.25) is 5.91 Å². The first-order chi connectivity index (χ1) is 15.8. The maximum atomic E-state index is 13.7. The molecule has 0 aliphatic carbocycles. The molecular weight excluding hydrogens is 447 g/mol. The van der Waals surface area contributed by atoms with Crippen molar-refractivity contribution < 1.29 is 9.18 Å². The van der Waals surface area contributed by atoms with Crippen LogP contribution in [0.2, 0.25) is 5.02 Å². The Morgan fingerprint density at radius 3 is 2.64 bits per heavy atom. The number of pyridine rings is 1. The average Bonchev–Trinajstić information content (AvgIpc) is 2.81. The number of hydrogen-bond donors (Lipinski definition) is 1. The number of nitrogens with zero attached hydrogens (tertiary/aromatic N) is 3. The van der Waals surface area contributed by atoms with Gasteiger partial charge in [0.05, 0.1) is 33.9 Å². The summed E-state index contributed by atoms with van der Waals surface area (Å²) in [4.78, 5) is 43.9. The smallest absolute Gasteiger partial charge is 0.336 e. The highest BCUT2D eigenvalue weighted by Gasteiger charge is 2.23. The third kappa shape index (κ3) is 4.29. The highest BCUT2D eigenvalue weighted by Crippen LogP contribution is 2.20. The van der Waals surface area contributed by atoms with Crippen LogP contribution >= 0.6 is 11.6 Å². The van der Waals surface area contributed by atoms with E-state index in [9.17, 15) is 18.8 Å². The zero-order valence-electron chi connectivity index (χ0n) is 17.9. The first-order valence-corrected chi connectivity index (χ1v) is 10.6. The van der Waals surface area contributed by atoms with Gasteiger partial charge in [-0.15, -0.1) is 0 Å². The number of benzene rings is 2. The lowest BCUT2D eigenvalue weighted by atomic mass is 10.1. The van der Waals surface area contributed by atoms with Crippen molar-refractivity contribution in [3.8, 4) is 5.69 Å². The van der Waals surface area contributed by atoms with Gasteiger partial charge >= 0.3 is 5.69 Å². The number of hydrogen-bond acceptors (Lipinski definition) is 4. The Balaban J connectivity index is 1.86. The van der Waals surface area contributed by atoms with Gasteiger partial charge < -0.3 is 5.32 Å². The lowest BCUT2D eigenvalue weighted by molar-refractivity contribution is -0.124. The van der Waals surface area contributed by atoms with Crippen LogP contribution in [0.15, 0.2) is 70.4 Å². The van der Waals surface area contributed by atoms with Gasteiger partial charge in [0.25, 0.3) is 5.56 Å². The van der Waals surface area contributed by atoms with Crippen molar-refractivity contribution in [2.75, 3.05) is 0 Å². The number of amides is 1. The topological polar surface area (TPSA) is 86.0 Å². The van der Waals surface area contributed by atoms with Crippen molar-refractivity contribution in [2.24, 2.45) is 0 Å². The SMILES string of the molecule is Cc1ccc2c(c1)c(=O)n(-c1ccc(F)c(Cl)c1)c(=O)n2C(C)C(=O)NCc1ccccn1. The molecule has 7 nitrogen and oxygen atoms in total. The molecule has 1 unspecified atom stereocenters. The Morgan fingerprint density at radius 1 is 1.15 bits per heavy atom. The Hall–Kier alpha value is -3.78. The van der Waals surface area contributed by atoms with Crippen molar-refractivity contribution in [1.29, 1.82) is 0 Å². The fourth-order valence-electron chi connectivity index (χ4n) is 3.62. The monoisotopic (exact) mass is 466 g/mol. The summed E-state index contributed by atoms with van der Waals surface area (Å²) in [6, 6.07) is 13.0. The van der Waals surface area contributed by atoms with E-state index in [0.29, 0.717) is 11.2 Å². The zero-order valence-corrected chi connectivity index (χ0v) is 18.6. The predicted molar refractivity (Wildman–Crippen MR) is 124 cm³/mol. The fourth-order valence-corrected chi connectivity index (χ4v) is 3.80. The van der Waals surface area contributed by atoms with E-state index in [4.69, 9.17) is 11.6 Å². The molecule has 9 heteroatoms. The summed E-state index contributed by atoms with van der Waals surface area (Å²) >= 11 is 5.89. The van der Waals surface area contributed by atoms with Crippen LogP contribution in [0, 0.1) is 12.7 Å². The molecule has 0 saturated carbocycles.